The van der Waals surface area contributed by atoms with Crippen LogP contribution in [0.2, 0.25) is 0 Å². The van der Waals surface area contributed by atoms with Crippen molar-refractivity contribution in [3.05, 3.63) is 42.0 Å². The third-order valence-corrected chi connectivity index (χ3v) is 2.59. The molecule has 2 heterocycles. The van der Waals surface area contributed by atoms with Crippen LogP contribution < -0.4 is 5.32 Å². The zero-order chi connectivity index (χ0) is 14.9. The smallest absolute Gasteiger partial charge is 0.341 e. The Labute approximate surface area is 110 Å². The van der Waals surface area contributed by atoms with Gasteiger partial charge in [-0.3, -0.25) is 9.59 Å². The van der Waals surface area contributed by atoms with Crippen molar-refractivity contribution in [1.29, 1.82) is 0 Å². The number of alkyl halides is 3. The first kappa shape index (κ1) is 14.0. The minimum absolute atomic E-state index is 0.104. The predicted molar refractivity (Wildman–Crippen MR) is 60.8 cm³/mol. The number of ketones is 1. The molecule has 0 unspecified atom stereocenters. The monoisotopic (exact) mass is 288 g/mol. The summed E-state index contributed by atoms with van der Waals surface area (Å²) in [4.78, 5) is 22.4. The van der Waals surface area contributed by atoms with Gasteiger partial charge in [0.1, 0.15) is 5.82 Å². The topological polar surface area (TPSA) is 50.6 Å². The molecule has 106 valence electrons. The Morgan fingerprint density at radius 2 is 1.90 bits per heavy atom. The summed E-state index contributed by atoms with van der Waals surface area (Å²) in [5.41, 5.74) is 0.449. The van der Waals surface area contributed by atoms with E-state index in [-0.39, 0.29) is 5.56 Å². The minimum Gasteiger partial charge on any atom is -0.341 e. The summed E-state index contributed by atoms with van der Waals surface area (Å²) in [6.07, 6.45) is -2.51. The van der Waals surface area contributed by atoms with Crippen molar-refractivity contribution in [2.45, 2.75) is 6.18 Å². The quantitative estimate of drug-likeness (QED) is 0.693. The van der Waals surface area contributed by atoms with Crippen LogP contribution in [0.1, 0.15) is 10.4 Å². The van der Waals surface area contributed by atoms with Crippen molar-refractivity contribution < 1.29 is 27.2 Å². The summed E-state index contributed by atoms with van der Waals surface area (Å²) >= 11 is 0. The van der Waals surface area contributed by atoms with Gasteiger partial charge in [-0.15, -0.1) is 0 Å². The molecule has 20 heavy (non-hydrogen) atoms. The fourth-order valence-corrected chi connectivity index (χ4v) is 1.67. The molecule has 0 aliphatic heterocycles. The van der Waals surface area contributed by atoms with Gasteiger partial charge in [-0.05, 0) is 18.2 Å². The van der Waals surface area contributed by atoms with Gasteiger partial charge in [0.25, 0.3) is 0 Å². The average molecular weight is 288 g/mol. The van der Waals surface area contributed by atoms with E-state index in [1.165, 1.54) is 28.0 Å². The molecule has 2 rings (SSSR count). The predicted octanol–water partition coefficient (Wildman–Crippen LogP) is 1.94. The number of nitrogens with zero attached hydrogens (tertiary/aromatic N) is 1. The summed E-state index contributed by atoms with van der Waals surface area (Å²) in [5, 5.41) is 1.49. The zero-order valence-electron chi connectivity index (χ0n) is 9.87. The van der Waals surface area contributed by atoms with E-state index in [0.717, 1.165) is 12.3 Å². The molecule has 0 aliphatic rings. The summed E-state index contributed by atoms with van der Waals surface area (Å²) in [6, 6.07) is 3.80. The zero-order valence-corrected chi connectivity index (χ0v) is 9.87. The average Bonchev–Trinajstić information content (AvgIpc) is 2.77. The molecule has 1 amide bonds. The van der Waals surface area contributed by atoms with Crippen LogP contribution in [0.4, 0.5) is 17.6 Å². The van der Waals surface area contributed by atoms with Crippen LogP contribution in [-0.2, 0) is 4.79 Å². The van der Waals surface area contributed by atoms with Gasteiger partial charge in [0.2, 0.25) is 0 Å². The number of hydrogen-bond donors (Lipinski definition) is 1. The number of nitrogens with one attached hydrogen (secondary N) is 1. The number of halogens is 4. The number of hydrogen-bond acceptors (Lipinski definition) is 2. The van der Waals surface area contributed by atoms with Gasteiger partial charge in [-0.2, -0.15) is 13.2 Å². The molecule has 0 fully saturated rings. The second kappa shape index (κ2) is 4.95. The second-order valence-corrected chi connectivity index (χ2v) is 3.97. The summed E-state index contributed by atoms with van der Waals surface area (Å²) in [5.74, 6) is -3.39. The molecular weight excluding hydrogens is 280 g/mol. The highest BCUT2D eigenvalue weighted by atomic mass is 19.4. The van der Waals surface area contributed by atoms with E-state index < -0.39 is 30.2 Å². The van der Waals surface area contributed by atoms with Gasteiger partial charge in [-0.1, -0.05) is 0 Å². The molecule has 1 N–H and O–H groups in total. The van der Waals surface area contributed by atoms with Gasteiger partial charge < -0.3 is 9.72 Å². The highest BCUT2D eigenvalue weighted by Gasteiger charge is 2.38. The second-order valence-electron chi connectivity index (χ2n) is 3.97. The Kier molecular flexibility index (Phi) is 3.47. The van der Waals surface area contributed by atoms with Crippen LogP contribution in [0.25, 0.3) is 5.52 Å². The van der Waals surface area contributed by atoms with Crippen LogP contribution in [-0.4, -0.2) is 28.8 Å². The van der Waals surface area contributed by atoms with Crippen LogP contribution in [0.15, 0.2) is 30.6 Å². The number of fused-ring (bicyclic) bond motifs is 1. The Morgan fingerprint density at radius 3 is 2.55 bits per heavy atom. The van der Waals surface area contributed by atoms with Crippen LogP contribution in [0.3, 0.4) is 0 Å². The molecule has 0 bridgehead atoms. The number of rotatable bonds is 3. The molecule has 0 aliphatic carbocycles. The molecule has 0 aromatic carbocycles. The fourth-order valence-electron chi connectivity index (χ4n) is 1.67. The van der Waals surface area contributed by atoms with E-state index in [9.17, 15) is 27.2 Å². The van der Waals surface area contributed by atoms with Gasteiger partial charge in [0.05, 0.1) is 12.1 Å². The van der Waals surface area contributed by atoms with Gasteiger partial charge in [0.15, 0.2) is 5.78 Å². The molecule has 4 nitrogen and oxygen atoms in total. The van der Waals surface area contributed by atoms with Crippen molar-refractivity contribution in [2.75, 3.05) is 6.54 Å². The lowest BCUT2D eigenvalue weighted by molar-refractivity contribution is -0.173. The standard InChI is InChI=1S/C12H8F4N2O2/c13-7-1-2-9-8(3-4-18(9)6-7)10(19)5-17-11(20)12(14,15)16/h1-4,6H,5H2,(H,17,20). The number of Topliss-reactive ketones (excluding diaryl/α,β-unsaturated/α-hetero) is 1. The Bertz CT molecular complexity index is 676. The number of pyridine rings is 1. The Morgan fingerprint density at radius 1 is 1.20 bits per heavy atom. The third kappa shape index (κ3) is 2.79. The molecule has 0 saturated carbocycles. The molecule has 2 aromatic heterocycles. The van der Waals surface area contributed by atoms with E-state index in [4.69, 9.17) is 0 Å². The first-order valence-electron chi connectivity index (χ1n) is 5.43. The van der Waals surface area contributed by atoms with Crippen LogP contribution >= 0.6 is 0 Å². The van der Waals surface area contributed by atoms with E-state index in [0.29, 0.717) is 5.52 Å². The van der Waals surface area contributed by atoms with Crippen LogP contribution in [0, 0.1) is 5.82 Å². The highest BCUT2D eigenvalue weighted by molar-refractivity contribution is 6.05. The lowest BCUT2D eigenvalue weighted by atomic mass is 10.1. The van der Waals surface area contributed by atoms with Crippen molar-refractivity contribution in [3.8, 4) is 0 Å². The number of amides is 1. The van der Waals surface area contributed by atoms with Gasteiger partial charge in [-0.25, -0.2) is 4.39 Å². The van der Waals surface area contributed by atoms with E-state index >= 15 is 0 Å². The molecule has 0 saturated heterocycles. The SMILES string of the molecule is O=C(CNC(=O)C(F)(F)F)c1ccn2cc(F)ccc12. The molecule has 8 heteroatoms. The molecule has 0 atom stereocenters. The maximum atomic E-state index is 12.9. The van der Waals surface area contributed by atoms with E-state index in [1.54, 1.807) is 0 Å². The highest BCUT2D eigenvalue weighted by Crippen LogP contribution is 2.16. The Balaban J connectivity index is 2.14. The lowest BCUT2D eigenvalue weighted by Crippen LogP contribution is -2.39. The largest absolute Gasteiger partial charge is 0.471 e. The first-order chi connectivity index (χ1) is 9.29. The number of carbonyl (C=O) groups is 2. The van der Waals surface area contributed by atoms with Gasteiger partial charge in [0, 0.05) is 18.0 Å². The van der Waals surface area contributed by atoms with Crippen molar-refractivity contribution in [1.82, 2.24) is 9.72 Å². The summed E-state index contributed by atoms with van der Waals surface area (Å²) in [6.45, 7) is -0.782. The minimum atomic E-state index is -5.04. The van der Waals surface area contributed by atoms with Gasteiger partial charge >= 0.3 is 12.1 Å². The maximum absolute atomic E-state index is 12.9. The molecule has 0 radical (unpaired) electrons. The Hall–Kier alpha value is -2.38. The normalized spacial score (nSPS) is 11.6. The summed E-state index contributed by atoms with van der Waals surface area (Å²) < 4.78 is 50.2. The lowest BCUT2D eigenvalue weighted by Gasteiger charge is -2.06. The van der Waals surface area contributed by atoms with Crippen molar-refractivity contribution in [2.24, 2.45) is 0 Å². The third-order valence-electron chi connectivity index (χ3n) is 2.59. The fraction of sp³-hybridized carbons (Fsp3) is 0.167. The maximum Gasteiger partial charge on any atom is 0.471 e. The molecule has 2 aromatic rings. The van der Waals surface area contributed by atoms with E-state index in [2.05, 4.69) is 0 Å². The van der Waals surface area contributed by atoms with E-state index in [1.807, 2.05) is 0 Å². The molecule has 0 spiro atoms. The summed E-state index contributed by atoms with van der Waals surface area (Å²) in [7, 11) is 0. The first-order valence-corrected chi connectivity index (χ1v) is 5.43. The van der Waals surface area contributed by atoms with Crippen molar-refractivity contribution in [3.63, 3.8) is 0 Å². The number of aromatic nitrogens is 1. The molecular formula is C12H8F4N2O2. The van der Waals surface area contributed by atoms with Crippen LogP contribution in [0.5, 0.6) is 0 Å². The number of carbonyl (C=O) groups excluding carboxylic acids is 2. The van der Waals surface area contributed by atoms with Crippen molar-refractivity contribution >= 4 is 17.2 Å².